The number of hydrogen-bond donors (Lipinski definition) is 1. The summed E-state index contributed by atoms with van der Waals surface area (Å²) in [5.74, 6) is -0.0434. The molecule has 0 radical (unpaired) electrons. The zero-order valence-corrected chi connectivity index (χ0v) is 10.1. The average Bonchev–Trinajstić information content (AvgIpc) is 2.39. The number of pyridine rings is 1. The molecule has 1 heterocycles. The quantitative estimate of drug-likeness (QED) is 0.838. The van der Waals surface area contributed by atoms with Gasteiger partial charge in [-0.3, -0.25) is 4.79 Å². The number of ether oxygens (including phenoxy) is 2. The van der Waals surface area contributed by atoms with Gasteiger partial charge in [-0.25, -0.2) is 4.79 Å². The van der Waals surface area contributed by atoms with Crippen LogP contribution >= 0.6 is 0 Å². The van der Waals surface area contributed by atoms with Crippen molar-refractivity contribution < 1.29 is 14.3 Å². The van der Waals surface area contributed by atoms with E-state index in [-0.39, 0.29) is 11.1 Å². The number of esters is 1. The first kappa shape index (κ1) is 12.2. The summed E-state index contributed by atoms with van der Waals surface area (Å²) in [6.45, 7) is 2.32. The molecule has 1 aromatic heterocycles. The van der Waals surface area contributed by atoms with Crippen LogP contribution in [0.15, 0.2) is 29.1 Å². The van der Waals surface area contributed by atoms with Gasteiger partial charge in [-0.05, 0) is 19.1 Å². The number of carbonyl (C=O) groups is 1. The zero-order chi connectivity index (χ0) is 13.1. The molecule has 0 fully saturated rings. The van der Waals surface area contributed by atoms with E-state index >= 15 is 0 Å². The van der Waals surface area contributed by atoms with Crippen LogP contribution in [0.5, 0.6) is 5.75 Å². The van der Waals surface area contributed by atoms with Crippen LogP contribution in [-0.2, 0) is 4.74 Å². The summed E-state index contributed by atoms with van der Waals surface area (Å²) in [5.41, 5.74) is 0.375. The van der Waals surface area contributed by atoms with Crippen molar-refractivity contribution >= 4 is 16.9 Å². The highest BCUT2D eigenvalue weighted by atomic mass is 16.5. The number of methoxy groups -OCH3 is 1. The van der Waals surface area contributed by atoms with E-state index in [0.717, 1.165) is 0 Å². The topological polar surface area (TPSA) is 68.4 Å². The van der Waals surface area contributed by atoms with Crippen LogP contribution in [-0.4, -0.2) is 24.7 Å². The molecule has 0 aliphatic heterocycles. The fraction of sp³-hybridized carbons (Fsp3) is 0.231. The van der Waals surface area contributed by atoms with Crippen molar-refractivity contribution in [2.24, 2.45) is 0 Å². The summed E-state index contributed by atoms with van der Waals surface area (Å²) in [6.07, 6.45) is 0. The number of para-hydroxylation sites is 1. The number of carbonyl (C=O) groups excluding carboxylic acids is 1. The van der Waals surface area contributed by atoms with Gasteiger partial charge in [0.1, 0.15) is 11.4 Å². The van der Waals surface area contributed by atoms with Crippen molar-refractivity contribution in [3.8, 4) is 5.75 Å². The first-order chi connectivity index (χ1) is 8.67. The second-order valence-corrected chi connectivity index (χ2v) is 3.65. The molecule has 18 heavy (non-hydrogen) atoms. The van der Waals surface area contributed by atoms with Crippen LogP contribution in [0.1, 0.15) is 17.4 Å². The van der Waals surface area contributed by atoms with Crippen molar-refractivity contribution in [1.82, 2.24) is 4.98 Å². The Bertz CT molecular complexity index is 645. The van der Waals surface area contributed by atoms with E-state index in [2.05, 4.69) is 9.72 Å². The van der Waals surface area contributed by atoms with Gasteiger partial charge < -0.3 is 14.5 Å². The van der Waals surface area contributed by atoms with Crippen molar-refractivity contribution in [1.29, 1.82) is 0 Å². The predicted molar refractivity (Wildman–Crippen MR) is 67.1 cm³/mol. The van der Waals surface area contributed by atoms with E-state index < -0.39 is 5.97 Å². The Morgan fingerprint density at radius 1 is 1.39 bits per heavy atom. The summed E-state index contributed by atoms with van der Waals surface area (Å²) >= 11 is 0. The Kier molecular flexibility index (Phi) is 3.32. The molecule has 1 aromatic carbocycles. The van der Waals surface area contributed by atoms with E-state index in [1.807, 2.05) is 6.92 Å². The molecule has 0 saturated heterocycles. The van der Waals surface area contributed by atoms with Gasteiger partial charge in [-0.1, -0.05) is 6.07 Å². The average molecular weight is 247 g/mol. The summed E-state index contributed by atoms with van der Waals surface area (Å²) in [6, 6.07) is 6.38. The molecule has 1 N–H and O–H groups in total. The molecule has 0 spiro atoms. The lowest BCUT2D eigenvalue weighted by Gasteiger charge is -2.08. The van der Waals surface area contributed by atoms with E-state index in [9.17, 15) is 9.59 Å². The Hall–Kier alpha value is -2.30. The standard InChI is InChI=1S/C13H13NO4/c1-3-18-11-6-4-5-8-10(15)7-9(13(16)17-2)14-12(8)11/h4-7H,3H2,1-2H3,(H,14,15). The molecular formula is C13H13NO4. The molecule has 5 nitrogen and oxygen atoms in total. The molecular weight excluding hydrogens is 234 g/mol. The van der Waals surface area contributed by atoms with Crippen LogP contribution in [0.2, 0.25) is 0 Å². The number of H-pyrrole nitrogens is 1. The minimum atomic E-state index is -0.583. The zero-order valence-electron chi connectivity index (χ0n) is 10.1. The molecule has 0 amide bonds. The number of aromatic nitrogens is 1. The molecule has 0 unspecified atom stereocenters. The Morgan fingerprint density at radius 2 is 2.17 bits per heavy atom. The second kappa shape index (κ2) is 4.91. The maximum atomic E-state index is 11.9. The van der Waals surface area contributed by atoms with Crippen LogP contribution < -0.4 is 10.2 Å². The van der Waals surface area contributed by atoms with E-state index in [0.29, 0.717) is 23.3 Å². The Labute approximate surface area is 103 Å². The summed E-state index contributed by atoms with van der Waals surface area (Å²) < 4.78 is 10.0. The smallest absolute Gasteiger partial charge is 0.354 e. The Morgan fingerprint density at radius 3 is 2.83 bits per heavy atom. The van der Waals surface area contributed by atoms with Gasteiger partial charge in [0, 0.05) is 11.5 Å². The van der Waals surface area contributed by atoms with E-state index in [1.54, 1.807) is 18.2 Å². The second-order valence-electron chi connectivity index (χ2n) is 3.65. The maximum absolute atomic E-state index is 11.9. The SMILES string of the molecule is CCOc1cccc2c(=O)cc(C(=O)OC)[nH]c12. The highest BCUT2D eigenvalue weighted by molar-refractivity contribution is 5.92. The van der Waals surface area contributed by atoms with Gasteiger partial charge in [0.25, 0.3) is 0 Å². The fourth-order valence-electron chi connectivity index (χ4n) is 1.74. The highest BCUT2D eigenvalue weighted by Gasteiger charge is 2.12. The third-order valence-electron chi connectivity index (χ3n) is 2.53. The third kappa shape index (κ3) is 2.07. The lowest BCUT2D eigenvalue weighted by atomic mass is 10.2. The highest BCUT2D eigenvalue weighted by Crippen LogP contribution is 2.21. The van der Waals surface area contributed by atoms with Crippen molar-refractivity contribution in [3.63, 3.8) is 0 Å². The largest absolute Gasteiger partial charge is 0.492 e. The summed E-state index contributed by atoms with van der Waals surface area (Å²) in [5, 5.41) is 0.480. The van der Waals surface area contributed by atoms with Crippen molar-refractivity contribution in [2.45, 2.75) is 6.92 Å². The van der Waals surface area contributed by atoms with E-state index in [4.69, 9.17) is 4.74 Å². The lowest BCUT2D eigenvalue weighted by Crippen LogP contribution is -2.12. The van der Waals surface area contributed by atoms with E-state index in [1.165, 1.54) is 13.2 Å². The number of hydrogen-bond acceptors (Lipinski definition) is 4. The van der Waals surface area contributed by atoms with Crippen LogP contribution in [0.3, 0.4) is 0 Å². The van der Waals surface area contributed by atoms with Gasteiger partial charge in [0.2, 0.25) is 0 Å². The number of nitrogens with one attached hydrogen (secondary N) is 1. The maximum Gasteiger partial charge on any atom is 0.354 e. The number of rotatable bonds is 3. The van der Waals surface area contributed by atoms with Gasteiger partial charge >= 0.3 is 5.97 Å². The third-order valence-corrected chi connectivity index (χ3v) is 2.53. The molecule has 94 valence electrons. The van der Waals surface area contributed by atoms with Gasteiger partial charge in [0.05, 0.1) is 19.2 Å². The molecule has 0 aliphatic rings. The van der Waals surface area contributed by atoms with Crippen LogP contribution in [0.25, 0.3) is 10.9 Å². The first-order valence-electron chi connectivity index (χ1n) is 5.54. The molecule has 2 rings (SSSR count). The fourth-order valence-corrected chi connectivity index (χ4v) is 1.74. The first-order valence-corrected chi connectivity index (χ1v) is 5.54. The molecule has 0 atom stereocenters. The summed E-state index contributed by atoms with van der Waals surface area (Å²) in [4.78, 5) is 26.2. The molecule has 2 aromatic rings. The van der Waals surface area contributed by atoms with Crippen molar-refractivity contribution in [3.05, 3.63) is 40.2 Å². The van der Waals surface area contributed by atoms with Gasteiger partial charge in [0.15, 0.2) is 5.43 Å². The molecule has 0 aliphatic carbocycles. The summed E-state index contributed by atoms with van der Waals surface area (Å²) in [7, 11) is 1.26. The number of fused-ring (bicyclic) bond motifs is 1. The number of benzene rings is 1. The number of aromatic amines is 1. The van der Waals surface area contributed by atoms with Gasteiger partial charge in [-0.15, -0.1) is 0 Å². The minimum Gasteiger partial charge on any atom is -0.492 e. The minimum absolute atomic E-state index is 0.113. The molecule has 5 heteroatoms. The monoisotopic (exact) mass is 247 g/mol. The van der Waals surface area contributed by atoms with Crippen LogP contribution in [0, 0.1) is 0 Å². The predicted octanol–water partition coefficient (Wildman–Crippen LogP) is 1.71. The molecule has 0 bridgehead atoms. The van der Waals surface area contributed by atoms with Gasteiger partial charge in [-0.2, -0.15) is 0 Å². The lowest BCUT2D eigenvalue weighted by molar-refractivity contribution is 0.0594. The Balaban J connectivity index is 2.72. The van der Waals surface area contributed by atoms with Crippen LogP contribution in [0.4, 0.5) is 0 Å². The van der Waals surface area contributed by atoms with Crippen molar-refractivity contribution in [2.75, 3.05) is 13.7 Å². The molecule has 0 saturated carbocycles. The normalized spacial score (nSPS) is 10.3.